The molecule has 4 heterocycles. The lowest BCUT2D eigenvalue weighted by atomic mass is 9.98. The number of esters is 1. The molecular formula is C18H25N7O6. The number of anilines is 1. The van der Waals surface area contributed by atoms with E-state index in [1.165, 1.54) is 19.6 Å². The van der Waals surface area contributed by atoms with Crippen molar-refractivity contribution in [2.24, 2.45) is 0 Å². The Morgan fingerprint density at radius 1 is 1.35 bits per heavy atom. The van der Waals surface area contributed by atoms with Crippen molar-refractivity contribution >= 4 is 28.9 Å². The van der Waals surface area contributed by atoms with Gasteiger partial charge in [-0.05, 0) is 13.0 Å². The lowest BCUT2D eigenvalue weighted by Crippen LogP contribution is -2.60. The van der Waals surface area contributed by atoms with E-state index in [4.69, 9.17) is 9.47 Å². The van der Waals surface area contributed by atoms with Crippen LogP contribution in [-0.4, -0.2) is 91.8 Å². The van der Waals surface area contributed by atoms with E-state index in [1.54, 1.807) is 0 Å². The van der Waals surface area contributed by atoms with Crippen LogP contribution in [0, 0.1) is 0 Å². The molecule has 13 heteroatoms. The fourth-order valence-corrected chi connectivity index (χ4v) is 3.92. The normalized spacial score (nSPS) is 30.8. The Morgan fingerprint density at radius 2 is 2.19 bits per heavy atom. The van der Waals surface area contributed by atoms with E-state index in [9.17, 15) is 19.8 Å². The molecule has 2 aromatic rings. The molecule has 0 saturated carbocycles. The molecule has 2 aliphatic heterocycles. The highest BCUT2D eigenvalue weighted by Gasteiger charge is 2.41. The van der Waals surface area contributed by atoms with Gasteiger partial charge in [-0.1, -0.05) is 0 Å². The number of carbonyl (C=O) groups excluding carboxylic acids is 2. The summed E-state index contributed by atoms with van der Waals surface area (Å²) in [7, 11) is 0. The molecule has 0 unspecified atom stereocenters. The van der Waals surface area contributed by atoms with E-state index in [0.717, 1.165) is 0 Å². The van der Waals surface area contributed by atoms with E-state index in [0.29, 0.717) is 29.9 Å². The molecule has 0 spiro atoms. The number of fused-ring (bicyclic) bond motifs is 1. The summed E-state index contributed by atoms with van der Waals surface area (Å²) in [5.41, 5.74) is 1.01. The number of carbonyl (C=O) groups is 2. The molecule has 13 nitrogen and oxygen atoms in total. The molecular weight excluding hydrogens is 410 g/mol. The Hall–Kier alpha value is -2.87. The molecule has 0 radical (unpaired) electrons. The van der Waals surface area contributed by atoms with E-state index < -0.39 is 42.6 Å². The Bertz CT molecular complexity index is 939. The van der Waals surface area contributed by atoms with Gasteiger partial charge in [0.1, 0.15) is 36.2 Å². The lowest BCUT2D eigenvalue weighted by molar-refractivity contribution is -0.150. The van der Waals surface area contributed by atoms with Crippen molar-refractivity contribution in [1.82, 2.24) is 30.6 Å². The van der Waals surface area contributed by atoms with Crippen molar-refractivity contribution < 1.29 is 29.3 Å². The van der Waals surface area contributed by atoms with Gasteiger partial charge in [0, 0.05) is 13.3 Å². The Balaban J connectivity index is 1.41. The maximum Gasteiger partial charge on any atom is 0.302 e. The number of nitrogens with one attached hydrogen (secondary N) is 4. The molecule has 0 bridgehead atoms. The van der Waals surface area contributed by atoms with E-state index in [1.807, 2.05) is 0 Å². The third-order valence-electron chi connectivity index (χ3n) is 5.39. The van der Waals surface area contributed by atoms with Crippen molar-refractivity contribution in [1.29, 1.82) is 0 Å². The number of aromatic amines is 1. The first-order chi connectivity index (χ1) is 15.0. The average Bonchev–Trinajstić information content (AvgIpc) is 3.39. The summed E-state index contributed by atoms with van der Waals surface area (Å²) < 4.78 is 11.0. The summed E-state index contributed by atoms with van der Waals surface area (Å²) in [6.07, 6.45) is 0.272. The summed E-state index contributed by atoms with van der Waals surface area (Å²) in [5, 5.41) is 29.2. The quantitative estimate of drug-likeness (QED) is 0.276. The molecule has 6 N–H and O–H groups in total. The molecule has 2 aromatic heterocycles. The maximum atomic E-state index is 12.7. The van der Waals surface area contributed by atoms with Gasteiger partial charge >= 0.3 is 5.97 Å². The molecule has 6 atom stereocenters. The van der Waals surface area contributed by atoms with Crippen LogP contribution in [0.3, 0.4) is 0 Å². The standard InChI is InChI=1S/C18H25N7O6/c1-8(27)30-11-2-3-19-13(11)17(29)24-9-4-10(28)18(31-12(9)5-26)25-16-14-15(21-6-20-14)22-7-23-16/h6-7,9-13,18-19,26,28H,2-5H2,1H3,(H,24,29)(H2,20,21,22,23,25)/t9-,10+,11+,12+,13-,18+/m1/s1. The van der Waals surface area contributed by atoms with E-state index in [-0.39, 0.29) is 18.9 Å². The fourth-order valence-electron chi connectivity index (χ4n) is 3.92. The number of hydrogen-bond donors (Lipinski definition) is 6. The highest BCUT2D eigenvalue weighted by Crippen LogP contribution is 2.24. The second-order valence-corrected chi connectivity index (χ2v) is 7.53. The summed E-state index contributed by atoms with van der Waals surface area (Å²) in [5.74, 6) is -0.448. The second kappa shape index (κ2) is 9.09. The van der Waals surface area contributed by atoms with Crippen molar-refractivity contribution in [2.45, 2.75) is 56.4 Å². The van der Waals surface area contributed by atoms with Gasteiger partial charge in [0.2, 0.25) is 5.91 Å². The second-order valence-electron chi connectivity index (χ2n) is 7.53. The topological polar surface area (TPSA) is 184 Å². The summed E-state index contributed by atoms with van der Waals surface area (Å²) in [6, 6.07) is -1.34. The van der Waals surface area contributed by atoms with E-state index in [2.05, 4.69) is 35.9 Å². The fraction of sp³-hybridized carbons (Fsp3) is 0.611. The number of aliphatic hydroxyl groups excluding tert-OH is 2. The van der Waals surface area contributed by atoms with Crippen molar-refractivity contribution in [3.63, 3.8) is 0 Å². The number of amides is 1. The average molecular weight is 435 g/mol. The first-order valence-electron chi connectivity index (χ1n) is 10.0. The Kier molecular flexibility index (Phi) is 6.27. The SMILES string of the molecule is CC(=O)O[C@H]1CCN[C@H]1C(=O)N[C@@H]1C[C@H](O)[C@@H](Nc2ncnc3nc[nH]c23)O[C@H]1CO. The molecule has 0 aliphatic carbocycles. The van der Waals surface area contributed by atoms with Gasteiger partial charge in [0.05, 0.1) is 19.0 Å². The van der Waals surface area contributed by atoms with Gasteiger partial charge in [-0.25, -0.2) is 15.0 Å². The van der Waals surface area contributed by atoms with Crippen LogP contribution in [0.4, 0.5) is 5.82 Å². The van der Waals surface area contributed by atoms with Crippen LogP contribution in [0.1, 0.15) is 19.8 Å². The number of rotatable bonds is 6. The van der Waals surface area contributed by atoms with Crippen molar-refractivity contribution in [3.8, 4) is 0 Å². The first-order valence-corrected chi connectivity index (χ1v) is 10.0. The number of hydrogen-bond acceptors (Lipinski definition) is 11. The molecule has 2 aliphatic rings. The summed E-state index contributed by atoms with van der Waals surface area (Å²) in [6.45, 7) is 1.46. The molecule has 2 fully saturated rings. The van der Waals surface area contributed by atoms with Crippen molar-refractivity contribution in [2.75, 3.05) is 18.5 Å². The molecule has 168 valence electrons. The summed E-state index contributed by atoms with van der Waals surface area (Å²) in [4.78, 5) is 39.1. The van der Waals surface area contributed by atoms with Gasteiger partial charge < -0.3 is 40.6 Å². The maximum absolute atomic E-state index is 12.7. The zero-order chi connectivity index (χ0) is 22.0. The van der Waals surface area contributed by atoms with Crippen molar-refractivity contribution in [3.05, 3.63) is 12.7 Å². The largest absolute Gasteiger partial charge is 0.460 e. The minimum atomic E-state index is -0.998. The predicted octanol–water partition coefficient (Wildman–Crippen LogP) is -1.99. The number of aromatic nitrogens is 4. The number of imidazole rings is 1. The Labute approximate surface area is 177 Å². The third-order valence-corrected chi connectivity index (χ3v) is 5.39. The van der Waals surface area contributed by atoms with Gasteiger partial charge in [0.25, 0.3) is 0 Å². The minimum Gasteiger partial charge on any atom is -0.460 e. The van der Waals surface area contributed by atoms with Crippen LogP contribution >= 0.6 is 0 Å². The molecule has 0 aromatic carbocycles. The minimum absolute atomic E-state index is 0.136. The van der Waals surface area contributed by atoms with Gasteiger partial charge in [0.15, 0.2) is 17.7 Å². The number of nitrogens with zero attached hydrogens (tertiary/aromatic N) is 3. The molecule has 1 amide bonds. The number of H-pyrrole nitrogens is 1. The number of ether oxygens (including phenoxy) is 2. The van der Waals surface area contributed by atoms with Gasteiger partial charge in [-0.3, -0.25) is 9.59 Å². The highest BCUT2D eigenvalue weighted by molar-refractivity contribution is 5.84. The molecule has 2 saturated heterocycles. The summed E-state index contributed by atoms with van der Waals surface area (Å²) >= 11 is 0. The Morgan fingerprint density at radius 3 is 2.97 bits per heavy atom. The van der Waals surface area contributed by atoms with Crippen LogP contribution in [0.5, 0.6) is 0 Å². The third kappa shape index (κ3) is 4.58. The van der Waals surface area contributed by atoms with Gasteiger partial charge in [-0.15, -0.1) is 0 Å². The predicted molar refractivity (Wildman–Crippen MR) is 106 cm³/mol. The smallest absolute Gasteiger partial charge is 0.302 e. The highest BCUT2D eigenvalue weighted by atomic mass is 16.5. The van der Waals surface area contributed by atoms with Crippen LogP contribution in [-0.2, 0) is 19.1 Å². The number of aliphatic hydroxyl groups is 2. The van der Waals surface area contributed by atoms with E-state index >= 15 is 0 Å². The zero-order valence-corrected chi connectivity index (χ0v) is 16.8. The van der Waals surface area contributed by atoms with Crippen LogP contribution < -0.4 is 16.0 Å². The van der Waals surface area contributed by atoms with Crippen LogP contribution in [0.25, 0.3) is 11.2 Å². The molecule has 4 rings (SSSR count). The van der Waals surface area contributed by atoms with Crippen LogP contribution in [0.2, 0.25) is 0 Å². The van der Waals surface area contributed by atoms with Crippen LogP contribution in [0.15, 0.2) is 12.7 Å². The monoisotopic (exact) mass is 435 g/mol. The van der Waals surface area contributed by atoms with Gasteiger partial charge in [-0.2, -0.15) is 0 Å². The zero-order valence-electron chi connectivity index (χ0n) is 16.8. The first kappa shape index (κ1) is 21.4. The molecule has 31 heavy (non-hydrogen) atoms. The lowest BCUT2D eigenvalue weighted by Gasteiger charge is -2.40.